The highest BCUT2D eigenvalue weighted by molar-refractivity contribution is 6.07. The van der Waals surface area contributed by atoms with E-state index in [2.05, 4.69) is 36.9 Å². The van der Waals surface area contributed by atoms with Gasteiger partial charge in [-0.05, 0) is 57.2 Å². The van der Waals surface area contributed by atoms with Gasteiger partial charge < -0.3 is 14.4 Å². The van der Waals surface area contributed by atoms with Crippen molar-refractivity contribution in [1.82, 2.24) is 4.90 Å². The number of ether oxygens (including phenoxy) is 2. The molecule has 9 nitrogen and oxygen atoms in total. The zero-order valence-electron chi connectivity index (χ0n) is 28.8. The van der Waals surface area contributed by atoms with E-state index in [0.29, 0.717) is 18.4 Å². The third-order valence-electron chi connectivity index (χ3n) is 10.4. The molecule has 5 atom stereocenters. The summed E-state index contributed by atoms with van der Waals surface area (Å²) in [5.74, 6) is -1.46. The number of anilines is 1. The largest absolute Gasteiger partial charge is 0.479 e. The number of nitriles is 3. The quantitative estimate of drug-likeness (QED) is 0.0800. The fourth-order valence-electron chi connectivity index (χ4n) is 7.92. The van der Waals surface area contributed by atoms with Gasteiger partial charge in [-0.1, -0.05) is 76.7 Å². The third-order valence-corrected chi connectivity index (χ3v) is 10.4. The predicted molar refractivity (Wildman–Crippen MR) is 183 cm³/mol. The van der Waals surface area contributed by atoms with E-state index in [0.717, 1.165) is 37.2 Å². The van der Waals surface area contributed by atoms with Crippen molar-refractivity contribution in [2.24, 2.45) is 11.8 Å². The average Bonchev–Trinajstić information content (AvgIpc) is 3.78. The molecule has 5 unspecified atom stereocenters. The second kappa shape index (κ2) is 14.8. The summed E-state index contributed by atoms with van der Waals surface area (Å²) in [6.45, 7) is 10.3. The summed E-state index contributed by atoms with van der Waals surface area (Å²) in [5, 5.41) is 29.8. The molecule has 1 aromatic rings. The molecule has 5 rings (SSSR count). The topological polar surface area (TPSA) is 130 Å². The van der Waals surface area contributed by atoms with Gasteiger partial charge >= 0.3 is 0 Å². The molecule has 4 heterocycles. The smallest absolute Gasteiger partial charge is 0.236 e. The van der Waals surface area contributed by atoms with Gasteiger partial charge in [0.05, 0.1) is 23.5 Å². The molecular formula is C39H47N5O4. The highest BCUT2D eigenvalue weighted by Crippen LogP contribution is 2.52. The van der Waals surface area contributed by atoms with Gasteiger partial charge in [0.15, 0.2) is 11.3 Å². The fourth-order valence-corrected chi connectivity index (χ4v) is 7.92. The van der Waals surface area contributed by atoms with E-state index in [1.807, 2.05) is 50.3 Å². The Morgan fingerprint density at radius 3 is 2.10 bits per heavy atom. The van der Waals surface area contributed by atoms with Crippen LogP contribution in [0.4, 0.5) is 5.69 Å². The number of amides is 2. The normalized spacial score (nSPS) is 26.8. The maximum absolute atomic E-state index is 13.4. The Morgan fingerprint density at radius 1 is 0.896 bits per heavy atom. The van der Waals surface area contributed by atoms with Crippen molar-refractivity contribution in [3.05, 3.63) is 58.9 Å². The Kier molecular flexibility index (Phi) is 10.8. The van der Waals surface area contributed by atoms with Crippen LogP contribution in [0.15, 0.2) is 53.3 Å². The van der Waals surface area contributed by atoms with Crippen molar-refractivity contribution in [2.75, 3.05) is 24.5 Å². The number of allylic oxidation sites excluding steroid dienone is 2. The van der Waals surface area contributed by atoms with Crippen LogP contribution in [0.3, 0.4) is 0 Å². The maximum Gasteiger partial charge on any atom is 0.236 e. The van der Waals surface area contributed by atoms with Gasteiger partial charge in [-0.3, -0.25) is 14.5 Å². The predicted octanol–water partition coefficient (Wildman–Crippen LogP) is 7.13. The van der Waals surface area contributed by atoms with E-state index in [9.17, 15) is 25.4 Å². The number of nitrogens with zero attached hydrogens (tertiary/aromatic N) is 5. The van der Waals surface area contributed by atoms with Crippen molar-refractivity contribution in [3.8, 4) is 18.2 Å². The zero-order chi connectivity index (χ0) is 34.5. The van der Waals surface area contributed by atoms with Crippen molar-refractivity contribution in [3.63, 3.8) is 0 Å². The minimum absolute atomic E-state index is 0.0202. The Morgan fingerprint density at radius 2 is 1.54 bits per heavy atom. The molecule has 0 N–H and O–H groups in total. The second-order valence-corrected chi connectivity index (χ2v) is 13.8. The second-order valence-electron chi connectivity index (χ2n) is 13.8. The minimum atomic E-state index is -1.07. The molecule has 2 fully saturated rings. The molecular weight excluding hydrogens is 602 g/mol. The Hall–Kier alpha value is -4.39. The van der Waals surface area contributed by atoms with Gasteiger partial charge in [0.1, 0.15) is 29.4 Å². The van der Waals surface area contributed by atoms with E-state index in [-0.39, 0.29) is 41.4 Å². The van der Waals surface area contributed by atoms with Crippen LogP contribution in [0.5, 0.6) is 0 Å². The molecule has 2 bridgehead atoms. The van der Waals surface area contributed by atoms with Crippen LogP contribution >= 0.6 is 0 Å². The molecule has 9 heteroatoms. The number of imide groups is 1. The van der Waals surface area contributed by atoms with Crippen LogP contribution in [0, 0.1) is 45.8 Å². The molecule has 0 saturated carbocycles. The summed E-state index contributed by atoms with van der Waals surface area (Å²) >= 11 is 0. The minimum Gasteiger partial charge on any atom is -0.479 e. The summed E-state index contributed by atoms with van der Waals surface area (Å²) in [5.41, 5.74) is 0.569. The summed E-state index contributed by atoms with van der Waals surface area (Å²) in [7, 11) is 0. The number of benzene rings is 1. The van der Waals surface area contributed by atoms with Gasteiger partial charge in [-0.25, -0.2) is 0 Å². The number of hydrogen-bond acceptors (Lipinski definition) is 8. The number of rotatable bonds is 16. The van der Waals surface area contributed by atoms with Gasteiger partial charge in [0.2, 0.25) is 11.8 Å². The first-order valence-corrected chi connectivity index (χ1v) is 17.6. The molecule has 252 valence electrons. The fraction of sp³-hybridized carbons (Fsp3) is 0.564. The lowest BCUT2D eigenvalue weighted by atomic mass is 9.78. The molecule has 2 amide bonds. The third kappa shape index (κ3) is 6.52. The lowest BCUT2D eigenvalue weighted by Gasteiger charge is -2.30. The Bertz CT molecular complexity index is 1590. The molecule has 0 aliphatic carbocycles. The first-order chi connectivity index (χ1) is 23.2. The van der Waals surface area contributed by atoms with Crippen LogP contribution in [-0.2, 0) is 19.1 Å². The Balaban J connectivity index is 1.38. The van der Waals surface area contributed by atoms with E-state index in [1.54, 1.807) is 0 Å². The van der Waals surface area contributed by atoms with Crippen LogP contribution in [0.1, 0.15) is 97.5 Å². The first kappa shape index (κ1) is 34.9. The number of hydrogen-bond donors (Lipinski definition) is 0. The molecule has 0 radical (unpaired) electrons. The van der Waals surface area contributed by atoms with Crippen LogP contribution in [-0.4, -0.2) is 53.7 Å². The lowest BCUT2D eigenvalue weighted by molar-refractivity contribution is -0.144. The summed E-state index contributed by atoms with van der Waals surface area (Å²) in [6, 6.07) is 14.2. The van der Waals surface area contributed by atoms with Crippen LogP contribution in [0.2, 0.25) is 0 Å². The highest BCUT2D eigenvalue weighted by atomic mass is 16.5. The first-order valence-electron chi connectivity index (χ1n) is 17.6. The number of likely N-dealkylation sites (tertiary alicyclic amines) is 1. The number of carbonyl (C=O) groups excluding carboxylic acids is 2. The van der Waals surface area contributed by atoms with Gasteiger partial charge in [-0.2, -0.15) is 15.8 Å². The molecule has 2 saturated heterocycles. The summed E-state index contributed by atoms with van der Waals surface area (Å²) in [4.78, 5) is 30.5. The van der Waals surface area contributed by atoms with E-state index in [1.165, 1.54) is 43.4 Å². The summed E-state index contributed by atoms with van der Waals surface area (Å²) < 4.78 is 12.3. The molecule has 4 aliphatic rings. The maximum atomic E-state index is 13.4. The van der Waals surface area contributed by atoms with Gasteiger partial charge in [0.25, 0.3) is 0 Å². The number of fused-ring (bicyclic) bond motifs is 5. The molecule has 4 aliphatic heterocycles. The zero-order valence-corrected chi connectivity index (χ0v) is 28.8. The lowest BCUT2D eigenvalue weighted by Crippen LogP contribution is -2.39. The highest BCUT2D eigenvalue weighted by Gasteiger charge is 2.65. The van der Waals surface area contributed by atoms with Gasteiger partial charge in [0, 0.05) is 30.9 Å². The average molecular weight is 650 g/mol. The van der Waals surface area contributed by atoms with E-state index < -0.39 is 23.0 Å². The summed E-state index contributed by atoms with van der Waals surface area (Å²) in [6.07, 6.45) is 13.6. The SMILES string of the molecule is CCCCCCN(CCCCCC)c1ccc(C2=C(C#N)C(=C(C#N)C#N)OC2(C)CCCN2C(=O)C3C4C=CC(C)(O4)C3C2=O)cc1. The van der Waals surface area contributed by atoms with E-state index >= 15 is 0 Å². The number of unbranched alkanes of at least 4 members (excludes halogenated alkanes) is 6. The van der Waals surface area contributed by atoms with Crippen LogP contribution in [0.25, 0.3) is 5.57 Å². The molecule has 0 spiro atoms. The van der Waals surface area contributed by atoms with Crippen molar-refractivity contribution >= 4 is 23.1 Å². The number of carbonyl (C=O) groups is 2. The molecule has 0 aromatic heterocycles. The molecule has 1 aromatic carbocycles. The standard InChI is InChI=1S/C39H47N5O4/c1-5-7-9-11-21-43(22-12-10-8-6-2)29-16-14-27(15-17-29)33-30(26-42)35(28(24-40)25-41)48-38(33,3)19-13-23-44-36(45)32-31-18-20-39(4,47-31)34(32)37(44)46/h14-18,20,31-32,34H,5-13,19,21-23H2,1-4H3. The van der Waals surface area contributed by atoms with Gasteiger partial charge in [-0.15, -0.1) is 0 Å². The Labute approximate surface area is 285 Å². The molecule has 48 heavy (non-hydrogen) atoms. The van der Waals surface area contributed by atoms with Crippen molar-refractivity contribution in [2.45, 2.75) is 109 Å². The monoisotopic (exact) mass is 649 g/mol. The van der Waals surface area contributed by atoms with Crippen LogP contribution < -0.4 is 4.90 Å². The van der Waals surface area contributed by atoms with Crippen molar-refractivity contribution < 1.29 is 19.1 Å². The van der Waals surface area contributed by atoms with E-state index in [4.69, 9.17) is 9.47 Å². The van der Waals surface area contributed by atoms with Crippen molar-refractivity contribution in [1.29, 1.82) is 15.8 Å².